The van der Waals surface area contributed by atoms with Crippen molar-refractivity contribution >= 4 is 33.0 Å². The Labute approximate surface area is 124 Å². The molecule has 20 heavy (non-hydrogen) atoms. The predicted molar refractivity (Wildman–Crippen MR) is 75.9 cm³/mol. The smallest absolute Gasteiger partial charge is 0.250 e. The summed E-state index contributed by atoms with van der Waals surface area (Å²) in [4.78, 5) is 0. The number of aliphatic hydroxyl groups excluding tert-OH is 1. The zero-order chi connectivity index (χ0) is 14.8. The summed E-state index contributed by atoms with van der Waals surface area (Å²) in [7, 11) is -3.75. The predicted octanol–water partition coefficient (Wildman–Crippen LogP) is 2.55. The van der Waals surface area contributed by atoms with Crippen molar-refractivity contribution in [3.8, 4) is 0 Å². The molecule has 2 rings (SSSR count). The average molecular weight is 336 g/mol. The summed E-state index contributed by atoms with van der Waals surface area (Å²) in [6, 6.07) is 8.49. The summed E-state index contributed by atoms with van der Waals surface area (Å²) in [5.41, 5.74) is 0.0411. The topological polar surface area (TPSA) is 66.4 Å². The van der Waals surface area contributed by atoms with Gasteiger partial charge in [0, 0.05) is 12.1 Å². The second kappa shape index (κ2) is 6.19. The molecule has 1 heterocycles. The summed E-state index contributed by atoms with van der Waals surface area (Å²) in [6.45, 7) is -0.321. The number of halogens is 2. The van der Waals surface area contributed by atoms with Gasteiger partial charge in [0.1, 0.15) is 10.0 Å². The van der Waals surface area contributed by atoms with Crippen LogP contribution in [-0.2, 0) is 10.0 Å². The fourth-order valence-corrected chi connectivity index (χ4v) is 4.12. The Hall–Kier alpha value is -0.990. The molecule has 4 nitrogen and oxygen atoms in total. The molecule has 0 unspecified atom stereocenters. The molecule has 0 spiro atoms. The Bertz CT molecular complexity index is 702. The molecule has 0 amide bonds. The van der Waals surface area contributed by atoms with Crippen molar-refractivity contribution in [3.63, 3.8) is 0 Å². The molecule has 1 aromatic heterocycles. The first-order valence-corrected chi connectivity index (χ1v) is 8.25. The van der Waals surface area contributed by atoms with Crippen molar-refractivity contribution in [1.29, 1.82) is 0 Å². The largest absolute Gasteiger partial charge is 0.387 e. The number of rotatable bonds is 5. The standard InChI is InChI=1S/C12H11ClFNO3S2/c13-11-5-6-12(19-11)20(17,18)15-7-10(16)8-3-1-2-4-9(8)14/h1-6,10,15-16H,7H2/t10-/m0/s1. The SMILES string of the molecule is O=S(=O)(NC[C@H](O)c1ccccc1F)c1ccc(Cl)s1. The van der Waals surface area contributed by atoms with Crippen molar-refractivity contribution in [2.75, 3.05) is 6.54 Å². The van der Waals surface area contributed by atoms with Crippen molar-refractivity contribution in [2.24, 2.45) is 0 Å². The van der Waals surface area contributed by atoms with Crippen LogP contribution in [-0.4, -0.2) is 20.1 Å². The third-order valence-electron chi connectivity index (χ3n) is 2.54. The number of hydrogen-bond acceptors (Lipinski definition) is 4. The highest BCUT2D eigenvalue weighted by Gasteiger charge is 2.19. The van der Waals surface area contributed by atoms with Crippen LogP contribution in [0.2, 0.25) is 4.34 Å². The summed E-state index contributed by atoms with van der Waals surface area (Å²) in [6.07, 6.45) is -1.26. The van der Waals surface area contributed by atoms with Gasteiger partial charge >= 0.3 is 0 Å². The number of thiophene rings is 1. The minimum atomic E-state index is -3.75. The molecule has 1 aromatic carbocycles. The number of sulfonamides is 1. The highest BCUT2D eigenvalue weighted by atomic mass is 35.5. The zero-order valence-corrected chi connectivity index (χ0v) is 12.5. The minimum absolute atomic E-state index is 0.0411. The van der Waals surface area contributed by atoms with Crippen LogP contribution < -0.4 is 4.72 Å². The minimum Gasteiger partial charge on any atom is -0.387 e. The molecule has 2 aromatic rings. The van der Waals surface area contributed by atoms with Gasteiger partial charge in [0.15, 0.2) is 0 Å². The average Bonchev–Trinajstić information content (AvgIpc) is 2.84. The molecule has 0 aliphatic rings. The van der Waals surface area contributed by atoms with E-state index in [2.05, 4.69) is 4.72 Å². The van der Waals surface area contributed by atoms with E-state index < -0.39 is 21.9 Å². The van der Waals surface area contributed by atoms with Gasteiger partial charge in [-0.15, -0.1) is 11.3 Å². The quantitative estimate of drug-likeness (QED) is 0.882. The van der Waals surface area contributed by atoms with E-state index in [0.29, 0.717) is 4.34 Å². The molecule has 0 saturated heterocycles. The molecule has 0 saturated carbocycles. The molecule has 0 bridgehead atoms. The van der Waals surface area contributed by atoms with Gasteiger partial charge in [-0.1, -0.05) is 29.8 Å². The third-order valence-corrected chi connectivity index (χ3v) is 5.69. The maximum absolute atomic E-state index is 13.4. The highest BCUT2D eigenvalue weighted by molar-refractivity contribution is 7.91. The first-order valence-electron chi connectivity index (χ1n) is 5.57. The lowest BCUT2D eigenvalue weighted by molar-refractivity contribution is 0.177. The van der Waals surface area contributed by atoms with Gasteiger partial charge in [0.2, 0.25) is 10.0 Å². The van der Waals surface area contributed by atoms with E-state index in [0.717, 1.165) is 11.3 Å². The van der Waals surface area contributed by atoms with Gasteiger partial charge in [-0.3, -0.25) is 0 Å². The van der Waals surface area contributed by atoms with Crippen LogP contribution in [0.5, 0.6) is 0 Å². The van der Waals surface area contributed by atoms with Gasteiger partial charge in [0.05, 0.1) is 10.4 Å². The second-order valence-corrected chi connectivity index (χ2v) is 7.66. The summed E-state index contributed by atoms with van der Waals surface area (Å²) < 4.78 is 39.9. The van der Waals surface area contributed by atoms with Crippen molar-refractivity contribution in [2.45, 2.75) is 10.3 Å². The van der Waals surface area contributed by atoms with Gasteiger partial charge in [0.25, 0.3) is 0 Å². The Morgan fingerprint density at radius 1 is 1.30 bits per heavy atom. The van der Waals surface area contributed by atoms with Crippen LogP contribution in [0.3, 0.4) is 0 Å². The second-order valence-electron chi connectivity index (χ2n) is 3.95. The summed E-state index contributed by atoms with van der Waals surface area (Å²) >= 11 is 6.58. The maximum atomic E-state index is 13.4. The first-order chi connectivity index (χ1) is 9.40. The molecule has 1 atom stereocenters. The number of nitrogens with one attached hydrogen (secondary N) is 1. The molecule has 0 aliphatic carbocycles. The highest BCUT2D eigenvalue weighted by Crippen LogP contribution is 2.25. The Kier molecular flexibility index (Phi) is 4.77. The molecular weight excluding hydrogens is 325 g/mol. The van der Waals surface area contributed by atoms with Gasteiger partial charge in [-0.2, -0.15) is 0 Å². The van der Waals surface area contributed by atoms with Gasteiger partial charge < -0.3 is 5.11 Å². The Morgan fingerprint density at radius 2 is 2.00 bits per heavy atom. The third kappa shape index (κ3) is 3.56. The van der Waals surface area contributed by atoms with Gasteiger partial charge in [-0.25, -0.2) is 17.5 Å². The zero-order valence-electron chi connectivity index (χ0n) is 10.1. The fourth-order valence-electron chi connectivity index (χ4n) is 1.56. The molecular formula is C12H11ClFNO3S2. The molecule has 0 aliphatic heterocycles. The van der Waals surface area contributed by atoms with Gasteiger partial charge in [-0.05, 0) is 18.2 Å². The molecule has 108 valence electrons. The molecule has 8 heteroatoms. The molecule has 0 radical (unpaired) electrons. The van der Waals surface area contributed by atoms with E-state index in [1.54, 1.807) is 6.07 Å². The van der Waals surface area contributed by atoms with Crippen LogP contribution in [0.1, 0.15) is 11.7 Å². The lowest BCUT2D eigenvalue weighted by atomic mass is 10.1. The monoisotopic (exact) mass is 335 g/mol. The van der Waals surface area contributed by atoms with E-state index >= 15 is 0 Å². The van der Waals surface area contributed by atoms with Crippen LogP contribution in [0, 0.1) is 5.82 Å². The maximum Gasteiger partial charge on any atom is 0.250 e. The normalized spacial score (nSPS) is 13.3. The number of hydrogen-bond donors (Lipinski definition) is 2. The van der Waals surface area contributed by atoms with Crippen LogP contribution in [0.15, 0.2) is 40.6 Å². The number of benzene rings is 1. The lowest BCUT2D eigenvalue weighted by Crippen LogP contribution is -2.28. The lowest BCUT2D eigenvalue weighted by Gasteiger charge is -2.12. The van der Waals surface area contributed by atoms with Crippen molar-refractivity contribution < 1.29 is 17.9 Å². The van der Waals surface area contributed by atoms with Crippen molar-refractivity contribution in [3.05, 3.63) is 52.1 Å². The van der Waals surface area contributed by atoms with E-state index in [1.807, 2.05) is 0 Å². The van der Waals surface area contributed by atoms with Crippen molar-refractivity contribution in [1.82, 2.24) is 4.72 Å². The van der Waals surface area contributed by atoms with E-state index in [1.165, 1.54) is 30.3 Å². The summed E-state index contributed by atoms with van der Waals surface area (Å²) in [5, 5.41) is 9.83. The van der Waals surface area contributed by atoms with Crippen LogP contribution in [0.4, 0.5) is 4.39 Å². The molecule has 2 N–H and O–H groups in total. The van der Waals surface area contributed by atoms with Crippen LogP contribution >= 0.6 is 22.9 Å². The first kappa shape index (κ1) is 15.4. The Morgan fingerprint density at radius 3 is 2.60 bits per heavy atom. The fraction of sp³-hybridized carbons (Fsp3) is 0.167. The van der Waals surface area contributed by atoms with E-state index in [-0.39, 0.29) is 16.3 Å². The van der Waals surface area contributed by atoms with E-state index in [4.69, 9.17) is 11.6 Å². The Balaban J connectivity index is 2.07. The molecule has 0 fully saturated rings. The van der Waals surface area contributed by atoms with E-state index in [9.17, 15) is 17.9 Å². The summed E-state index contributed by atoms with van der Waals surface area (Å²) in [5.74, 6) is -0.585. The number of aliphatic hydroxyl groups is 1. The van der Waals surface area contributed by atoms with Crippen LogP contribution in [0.25, 0.3) is 0 Å².